The first kappa shape index (κ1) is 10.9. The Morgan fingerprint density at radius 2 is 2.21 bits per heavy atom. The maximum atomic E-state index is 10.7. The second kappa shape index (κ2) is 4.33. The summed E-state index contributed by atoms with van der Waals surface area (Å²) in [6.45, 7) is 1.93. The average Bonchev–Trinajstić information content (AvgIpc) is 2.16. The van der Waals surface area contributed by atoms with Crippen molar-refractivity contribution >= 4 is 17.6 Å². The Morgan fingerprint density at radius 3 is 2.64 bits per heavy atom. The van der Waals surface area contributed by atoms with Crippen molar-refractivity contribution in [1.29, 1.82) is 0 Å². The number of carboxylic acids is 1. The van der Waals surface area contributed by atoms with Crippen LogP contribution in [0.3, 0.4) is 0 Å². The monoisotopic (exact) mass is 214 g/mol. The molecule has 1 aromatic carbocycles. The Labute approximate surface area is 87.3 Å². The Kier molecular flexibility index (Phi) is 3.36. The molecule has 0 aliphatic heterocycles. The van der Waals surface area contributed by atoms with E-state index >= 15 is 0 Å². The second-order valence-corrected chi connectivity index (χ2v) is 3.20. The Bertz CT molecular complexity index is 361. The van der Waals surface area contributed by atoms with Crippen LogP contribution in [0, 0.1) is 0 Å². The molecule has 0 aromatic heterocycles. The lowest BCUT2D eigenvalue weighted by Gasteiger charge is -2.09. The largest absolute Gasteiger partial charge is 0.496 e. The van der Waals surface area contributed by atoms with Crippen molar-refractivity contribution in [3.8, 4) is 5.75 Å². The number of aromatic carboxylic acids is 1. The molecule has 1 rings (SSSR count). The van der Waals surface area contributed by atoms with Crippen molar-refractivity contribution < 1.29 is 14.6 Å². The molecular weight excluding hydrogens is 204 g/mol. The molecule has 0 bridgehead atoms. The van der Waals surface area contributed by atoms with Crippen LogP contribution < -0.4 is 4.74 Å². The molecule has 14 heavy (non-hydrogen) atoms. The summed E-state index contributed by atoms with van der Waals surface area (Å²) in [7, 11) is 1.50. The van der Waals surface area contributed by atoms with Gasteiger partial charge < -0.3 is 9.84 Å². The molecule has 0 radical (unpaired) electrons. The fraction of sp³-hybridized carbons (Fsp3) is 0.300. The van der Waals surface area contributed by atoms with Crippen molar-refractivity contribution in [2.45, 2.75) is 13.3 Å². The molecule has 0 saturated heterocycles. The second-order valence-electron chi connectivity index (χ2n) is 2.80. The van der Waals surface area contributed by atoms with E-state index in [0.717, 1.165) is 5.56 Å². The summed E-state index contributed by atoms with van der Waals surface area (Å²) in [5, 5.41) is 9.21. The standard InChI is InChI=1S/C10H11ClO3/c1-3-7-8(11)4-6(10(12)13)5-9(7)14-2/h4-5H,3H2,1-2H3,(H,12,13). The summed E-state index contributed by atoms with van der Waals surface area (Å²) in [5.74, 6) is -0.481. The molecule has 3 nitrogen and oxygen atoms in total. The van der Waals surface area contributed by atoms with Crippen LogP contribution in [0.15, 0.2) is 12.1 Å². The predicted octanol–water partition coefficient (Wildman–Crippen LogP) is 2.61. The lowest BCUT2D eigenvalue weighted by Crippen LogP contribution is -2.00. The molecule has 1 aromatic rings. The van der Waals surface area contributed by atoms with Crippen LogP contribution in [0.5, 0.6) is 5.75 Å². The maximum Gasteiger partial charge on any atom is 0.335 e. The minimum Gasteiger partial charge on any atom is -0.496 e. The zero-order valence-electron chi connectivity index (χ0n) is 8.00. The van der Waals surface area contributed by atoms with Crippen LogP contribution in [-0.2, 0) is 6.42 Å². The fourth-order valence-electron chi connectivity index (χ4n) is 1.26. The van der Waals surface area contributed by atoms with E-state index in [1.165, 1.54) is 19.2 Å². The minimum absolute atomic E-state index is 0.143. The third kappa shape index (κ3) is 1.99. The summed E-state index contributed by atoms with van der Waals surface area (Å²) in [6, 6.07) is 2.91. The van der Waals surface area contributed by atoms with Crippen LogP contribution in [0.2, 0.25) is 5.02 Å². The highest BCUT2D eigenvalue weighted by Crippen LogP contribution is 2.28. The highest BCUT2D eigenvalue weighted by atomic mass is 35.5. The first-order valence-electron chi connectivity index (χ1n) is 4.19. The summed E-state index contributed by atoms with van der Waals surface area (Å²) in [5.41, 5.74) is 0.975. The molecule has 0 amide bonds. The van der Waals surface area contributed by atoms with E-state index in [9.17, 15) is 4.79 Å². The molecule has 0 saturated carbocycles. The number of carbonyl (C=O) groups is 1. The lowest BCUT2D eigenvalue weighted by molar-refractivity contribution is 0.0696. The van der Waals surface area contributed by atoms with Gasteiger partial charge in [-0.1, -0.05) is 18.5 Å². The van der Waals surface area contributed by atoms with E-state index in [1.807, 2.05) is 6.92 Å². The van der Waals surface area contributed by atoms with Crippen molar-refractivity contribution in [2.75, 3.05) is 7.11 Å². The van der Waals surface area contributed by atoms with Crippen LogP contribution in [0.1, 0.15) is 22.8 Å². The SMILES string of the molecule is CCc1c(Cl)cc(C(=O)O)cc1OC. The summed E-state index contributed by atoms with van der Waals surface area (Å²) >= 11 is 5.91. The fourth-order valence-corrected chi connectivity index (χ4v) is 1.60. The van der Waals surface area contributed by atoms with Gasteiger partial charge in [0.1, 0.15) is 5.75 Å². The molecule has 0 aliphatic rings. The molecule has 1 N–H and O–H groups in total. The zero-order valence-corrected chi connectivity index (χ0v) is 8.76. The van der Waals surface area contributed by atoms with Gasteiger partial charge in [-0.25, -0.2) is 4.79 Å². The summed E-state index contributed by atoms with van der Waals surface area (Å²) in [6.07, 6.45) is 0.710. The van der Waals surface area contributed by atoms with Crippen LogP contribution >= 0.6 is 11.6 Å². The van der Waals surface area contributed by atoms with Gasteiger partial charge in [-0.15, -0.1) is 0 Å². The quantitative estimate of drug-likeness (QED) is 0.842. The molecule has 0 heterocycles. The van der Waals surface area contributed by atoms with E-state index in [0.29, 0.717) is 17.2 Å². The number of benzene rings is 1. The van der Waals surface area contributed by atoms with Crippen molar-refractivity contribution in [2.24, 2.45) is 0 Å². The number of ether oxygens (including phenoxy) is 1. The van der Waals surface area contributed by atoms with E-state index < -0.39 is 5.97 Å². The van der Waals surface area contributed by atoms with Crippen molar-refractivity contribution in [3.63, 3.8) is 0 Å². The van der Waals surface area contributed by atoms with Crippen molar-refractivity contribution in [3.05, 3.63) is 28.3 Å². The third-order valence-electron chi connectivity index (χ3n) is 1.97. The highest BCUT2D eigenvalue weighted by molar-refractivity contribution is 6.32. The number of hydrogen-bond acceptors (Lipinski definition) is 2. The summed E-state index contributed by atoms with van der Waals surface area (Å²) in [4.78, 5) is 10.7. The number of methoxy groups -OCH3 is 1. The van der Waals surface area contributed by atoms with Crippen LogP contribution in [0.4, 0.5) is 0 Å². The van der Waals surface area contributed by atoms with Gasteiger partial charge in [0.05, 0.1) is 12.7 Å². The maximum absolute atomic E-state index is 10.7. The van der Waals surface area contributed by atoms with Gasteiger partial charge in [0.15, 0.2) is 0 Å². The first-order valence-corrected chi connectivity index (χ1v) is 4.57. The normalized spacial score (nSPS) is 9.93. The van der Waals surface area contributed by atoms with Crippen molar-refractivity contribution in [1.82, 2.24) is 0 Å². The Hall–Kier alpha value is -1.22. The molecule has 0 atom stereocenters. The Morgan fingerprint density at radius 1 is 1.57 bits per heavy atom. The number of halogens is 1. The van der Waals surface area contributed by atoms with Crippen LogP contribution in [0.25, 0.3) is 0 Å². The van der Waals surface area contributed by atoms with Gasteiger partial charge in [0.25, 0.3) is 0 Å². The average molecular weight is 215 g/mol. The molecule has 4 heteroatoms. The van der Waals surface area contributed by atoms with E-state index in [1.54, 1.807) is 0 Å². The number of carboxylic acid groups (broad SMARTS) is 1. The number of rotatable bonds is 3. The zero-order chi connectivity index (χ0) is 10.7. The van der Waals surface area contributed by atoms with E-state index in [-0.39, 0.29) is 5.56 Å². The lowest BCUT2D eigenvalue weighted by atomic mass is 10.1. The topological polar surface area (TPSA) is 46.5 Å². The third-order valence-corrected chi connectivity index (χ3v) is 2.31. The highest BCUT2D eigenvalue weighted by Gasteiger charge is 2.12. The van der Waals surface area contributed by atoms with Gasteiger partial charge in [-0.3, -0.25) is 0 Å². The van der Waals surface area contributed by atoms with Crippen LogP contribution in [-0.4, -0.2) is 18.2 Å². The van der Waals surface area contributed by atoms with Gasteiger partial charge in [-0.2, -0.15) is 0 Å². The van der Waals surface area contributed by atoms with Gasteiger partial charge >= 0.3 is 5.97 Å². The predicted molar refractivity (Wildman–Crippen MR) is 54.3 cm³/mol. The first-order chi connectivity index (χ1) is 6.60. The van der Waals surface area contributed by atoms with Gasteiger partial charge in [0, 0.05) is 10.6 Å². The van der Waals surface area contributed by atoms with Gasteiger partial charge in [0.2, 0.25) is 0 Å². The Balaban J connectivity index is 3.31. The number of hydrogen-bond donors (Lipinski definition) is 1. The van der Waals surface area contributed by atoms with E-state index in [4.69, 9.17) is 21.4 Å². The minimum atomic E-state index is -1.01. The van der Waals surface area contributed by atoms with E-state index in [2.05, 4.69) is 0 Å². The molecule has 0 spiro atoms. The molecule has 0 unspecified atom stereocenters. The molecule has 76 valence electrons. The van der Waals surface area contributed by atoms with Gasteiger partial charge in [-0.05, 0) is 18.6 Å². The summed E-state index contributed by atoms with van der Waals surface area (Å²) < 4.78 is 5.06. The molecule has 0 aliphatic carbocycles. The molecule has 0 fully saturated rings. The molecular formula is C10H11ClO3. The smallest absolute Gasteiger partial charge is 0.335 e.